The standard InChI is InChI=1S/C13H20N2O2/c1-3-12-11(6-8-17-12)13(16)15(4-2)10-5-7-14-9-10/h6,8,10,14H,3-5,7,9H2,1-2H3. The quantitative estimate of drug-likeness (QED) is 0.865. The van der Waals surface area contributed by atoms with Gasteiger partial charge in [-0.05, 0) is 26.0 Å². The van der Waals surface area contributed by atoms with E-state index in [0.717, 1.165) is 43.8 Å². The van der Waals surface area contributed by atoms with E-state index < -0.39 is 0 Å². The first kappa shape index (κ1) is 12.2. The van der Waals surface area contributed by atoms with Crippen LogP contribution in [-0.4, -0.2) is 36.5 Å². The normalized spacial score (nSPS) is 19.5. The van der Waals surface area contributed by atoms with Crippen LogP contribution >= 0.6 is 0 Å². The van der Waals surface area contributed by atoms with E-state index in [9.17, 15) is 4.79 Å². The Morgan fingerprint density at radius 1 is 1.59 bits per heavy atom. The van der Waals surface area contributed by atoms with Crippen molar-refractivity contribution in [2.24, 2.45) is 0 Å². The number of hydrogen-bond acceptors (Lipinski definition) is 3. The molecule has 94 valence electrons. The van der Waals surface area contributed by atoms with Gasteiger partial charge in [-0.3, -0.25) is 4.79 Å². The Morgan fingerprint density at radius 3 is 3.00 bits per heavy atom. The number of carbonyl (C=O) groups is 1. The Morgan fingerprint density at radius 2 is 2.41 bits per heavy atom. The van der Waals surface area contributed by atoms with E-state index in [2.05, 4.69) is 5.32 Å². The molecule has 0 aromatic carbocycles. The van der Waals surface area contributed by atoms with Gasteiger partial charge in [-0.15, -0.1) is 0 Å². The van der Waals surface area contributed by atoms with Gasteiger partial charge in [0.05, 0.1) is 11.8 Å². The molecular formula is C13H20N2O2. The molecule has 2 heterocycles. The van der Waals surface area contributed by atoms with Gasteiger partial charge in [-0.1, -0.05) is 6.92 Å². The zero-order chi connectivity index (χ0) is 12.3. The summed E-state index contributed by atoms with van der Waals surface area (Å²) in [7, 11) is 0. The molecule has 0 aliphatic carbocycles. The molecule has 1 aliphatic heterocycles. The molecule has 2 rings (SSSR count). The topological polar surface area (TPSA) is 45.5 Å². The molecule has 1 aliphatic rings. The van der Waals surface area contributed by atoms with E-state index in [1.54, 1.807) is 12.3 Å². The van der Waals surface area contributed by atoms with Crippen LogP contribution < -0.4 is 5.32 Å². The molecule has 17 heavy (non-hydrogen) atoms. The van der Waals surface area contributed by atoms with Gasteiger partial charge in [0, 0.05) is 25.6 Å². The number of amides is 1. The molecule has 1 amide bonds. The average Bonchev–Trinajstić information content (AvgIpc) is 3.00. The maximum absolute atomic E-state index is 12.4. The highest BCUT2D eigenvalue weighted by atomic mass is 16.3. The third kappa shape index (κ3) is 2.36. The molecule has 1 fully saturated rings. The summed E-state index contributed by atoms with van der Waals surface area (Å²) in [6.45, 7) is 6.68. The number of nitrogens with one attached hydrogen (secondary N) is 1. The third-order valence-electron chi connectivity index (χ3n) is 3.37. The van der Waals surface area contributed by atoms with E-state index in [1.807, 2.05) is 18.7 Å². The highest BCUT2D eigenvalue weighted by Gasteiger charge is 2.27. The Kier molecular flexibility index (Phi) is 3.84. The molecule has 1 unspecified atom stereocenters. The lowest BCUT2D eigenvalue weighted by Gasteiger charge is -2.27. The van der Waals surface area contributed by atoms with Gasteiger partial charge < -0.3 is 14.6 Å². The van der Waals surface area contributed by atoms with E-state index in [0.29, 0.717) is 6.04 Å². The summed E-state index contributed by atoms with van der Waals surface area (Å²) in [4.78, 5) is 14.4. The highest BCUT2D eigenvalue weighted by Crippen LogP contribution is 2.17. The van der Waals surface area contributed by atoms with Gasteiger partial charge in [0.15, 0.2) is 0 Å². The van der Waals surface area contributed by atoms with Crippen LogP contribution in [0.15, 0.2) is 16.7 Å². The minimum Gasteiger partial charge on any atom is -0.469 e. The fraction of sp³-hybridized carbons (Fsp3) is 0.615. The third-order valence-corrected chi connectivity index (χ3v) is 3.37. The lowest BCUT2D eigenvalue weighted by Crippen LogP contribution is -2.41. The number of rotatable bonds is 4. The van der Waals surface area contributed by atoms with Crippen molar-refractivity contribution in [1.29, 1.82) is 0 Å². The molecule has 0 saturated carbocycles. The molecule has 1 saturated heterocycles. The number of likely N-dealkylation sites (N-methyl/N-ethyl adjacent to an activating group) is 1. The molecule has 0 radical (unpaired) electrons. The molecule has 1 N–H and O–H groups in total. The van der Waals surface area contributed by atoms with Crippen molar-refractivity contribution in [3.05, 3.63) is 23.7 Å². The van der Waals surface area contributed by atoms with Crippen molar-refractivity contribution in [3.8, 4) is 0 Å². The highest BCUT2D eigenvalue weighted by molar-refractivity contribution is 5.95. The van der Waals surface area contributed by atoms with Crippen LogP contribution in [-0.2, 0) is 6.42 Å². The van der Waals surface area contributed by atoms with Gasteiger partial charge in [0.1, 0.15) is 5.76 Å². The number of aryl methyl sites for hydroxylation is 1. The van der Waals surface area contributed by atoms with Crippen LogP contribution in [0.1, 0.15) is 36.4 Å². The van der Waals surface area contributed by atoms with Crippen molar-refractivity contribution < 1.29 is 9.21 Å². The minimum atomic E-state index is 0.104. The second kappa shape index (κ2) is 5.36. The van der Waals surface area contributed by atoms with Crippen LogP contribution in [0, 0.1) is 0 Å². The first-order chi connectivity index (χ1) is 8.27. The predicted molar refractivity (Wildman–Crippen MR) is 66.1 cm³/mol. The van der Waals surface area contributed by atoms with Crippen molar-refractivity contribution in [2.45, 2.75) is 32.7 Å². The molecule has 0 spiro atoms. The summed E-state index contributed by atoms with van der Waals surface area (Å²) in [5, 5.41) is 3.30. The molecule has 1 aromatic rings. The Balaban J connectivity index is 2.16. The Labute approximate surface area is 102 Å². The van der Waals surface area contributed by atoms with E-state index >= 15 is 0 Å². The predicted octanol–water partition coefficient (Wildman–Crippen LogP) is 1.67. The summed E-state index contributed by atoms with van der Waals surface area (Å²) >= 11 is 0. The fourth-order valence-electron chi connectivity index (χ4n) is 2.43. The van der Waals surface area contributed by atoms with Crippen LogP contribution in [0.25, 0.3) is 0 Å². The SMILES string of the molecule is CCc1occc1C(=O)N(CC)C1CCNC1. The van der Waals surface area contributed by atoms with Gasteiger partial charge in [-0.2, -0.15) is 0 Å². The lowest BCUT2D eigenvalue weighted by atomic mass is 10.1. The summed E-state index contributed by atoms with van der Waals surface area (Å²) in [5.74, 6) is 0.895. The van der Waals surface area contributed by atoms with Crippen LogP contribution in [0.5, 0.6) is 0 Å². The van der Waals surface area contributed by atoms with Crippen molar-refractivity contribution in [2.75, 3.05) is 19.6 Å². The van der Waals surface area contributed by atoms with Gasteiger partial charge in [0.25, 0.3) is 5.91 Å². The van der Waals surface area contributed by atoms with Crippen LogP contribution in [0.2, 0.25) is 0 Å². The fourth-order valence-corrected chi connectivity index (χ4v) is 2.43. The van der Waals surface area contributed by atoms with Crippen molar-refractivity contribution >= 4 is 5.91 Å². The minimum absolute atomic E-state index is 0.104. The summed E-state index contributed by atoms with van der Waals surface area (Å²) < 4.78 is 5.33. The first-order valence-corrected chi connectivity index (χ1v) is 6.36. The summed E-state index contributed by atoms with van der Waals surface area (Å²) in [5.41, 5.74) is 0.723. The van der Waals surface area contributed by atoms with Gasteiger partial charge in [-0.25, -0.2) is 0 Å². The number of furan rings is 1. The Hall–Kier alpha value is -1.29. The van der Waals surface area contributed by atoms with Gasteiger partial charge in [0.2, 0.25) is 0 Å². The summed E-state index contributed by atoms with van der Waals surface area (Å²) in [6.07, 6.45) is 3.40. The van der Waals surface area contributed by atoms with E-state index in [4.69, 9.17) is 4.42 Å². The lowest BCUT2D eigenvalue weighted by molar-refractivity contribution is 0.0701. The smallest absolute Gasteiger partial charge is 0.257 e. The van der Waals surface area contributed by atoms with Crippen molar-refractivity contribution in [3.63, 3.8) is 0 Å². The van der Waals surface area contributed by atoms with Crippen LogP contribution in [0.3, 0.4) is 0 Å². The first-order valence-electron chi connectivity index (χ1n) is 6.36. The van der Waals surface area contributed by atoms with Crippen LogP contribution in [0.4, 0.5) is 0 Å². The van der Waals surface area contributed by atoms with E-state index in [-0.39, 0.29) is 5.91 Å². The average molecular weight is 236 g/mol. The molecule has 4 nitrogen and oxygen atoms in total. The second-order valence-electron chi connectivity index (χ2n) is 4.35. The largest absolute Gasteiger partial charge is 0.469 e. The monoisotopic (exact) mass is 236 g/mol. The Bertz CT molecular complexity index is 381. The van der Waals surface area contributed by atoms with E-state index in [1.165, 1.54) is 0 Å². The number of nitrogens with zero attached hydrogens (tertiary/aromatic N) is 1. The molecule has 0 bridgehead atoms. The number of carbonyl (C=O) groups excluding carboxylic acids is 1. The molecular weight excluding hydrogens is 216 g/mol. The second-order valence-corrected chi connectivity index (χ2v) is 4.35. The zero-order valence-electron chi connectivity index (χ0n) is 10.5. The molecule has 1 aromatic heterocycles. The van der Waals surface area contributed by atoms with Gasteiger partial charge >= 0.3 is 0 Å². The number of hydrogen-bond donors (Lipinski definition) is 1. The maximum atomic E-state index is 12.4. The summed E-state index contributed by atoms with van der Waals surface area (Å²) in [6, 6.07) is 2.11. The maximum Gasteiger partial charge on any atom is 0.257 e. The molecule has 1 atom stereocenters. The van der Waals surface area contributed by atoms with Crippen molar-refractivity contribution in [1.82, 2.24) is 10.2 Å². The molecule has 4 heteroatoms. The zero-order valence-corrected chi connectivity index (χ0v) is 10.5.